The number of nitrogens with one attached hydrogen (secondary N) is 1. The molecule has 20 heavy (non-hydrogen) atoms. The van der Waals surface area contributed by atoms with Crippen LogP contribution >= 0.6 is 0 Å². The number of hydrogen-bond acceptors (Lipinski definition) is 2. The van der Waals surface area contributed by atoms with Crippen LogP contribution in [0.15, 0.2) is 24.3 Å². The highest BCUT2D eigenvalue weighted by atomic mass is 15.2. The lowest BCUT2D eigenvalue weighted by Crippen LogP contribution is -2.33. The predicted octanol–water partition coefficient (Wildman–Crippen LogP) is 3.55. The average molecular weight is 272 g/mol. The van der Waals surface area contributed by atoms with Crippen molar-refractivity contribution in [3.05, 3.63) is 35.4 Å². The minimum atomic E-state index is 0.593. The number of nitrogens with zero attached hydrogens (tertiary/aromatic N) is 1. The van der Waals surface area contributed by atoms with E-state index in [1.807, 2.05) is 0 Å². The topological polar surface area (TPSA) is 15.3 Å². The largest absolute Gasteiger partial charge is 0.319 e. The molecular formula is C18H28N2. The van der Waals surface area contributed by atoms with E-state index in [0.717, 1.165) is 18.4 Å². The third-order valence-electron chi connectivity index (χ3n) is 5.02. The highest BCUT2D eigenvalue weighted by Gasteiger charge is 2.36. The van der Waals surface area contributed by atoms with Crippen LogP contribution in [0.5, 0.6) is 0 Å². The molecule has 1 heterocycles. The highest BCUT2D eigenvalue weighted by Crippen LogP contribution is 2.42. The zero-order valence-electron chi connectivity index (χ0n) is 13.1. The molecule has 2 atom stereocenters. The molecule has 0 radical (unpaired) electrons. The van der Waals surface area contributed by atoms with E-state index in [0.29, 0.717) is 12.1 Å². The summed E-state index contributed by atoms with van der Waals surface area (Å²) in [6.45, 7) is 7.01. The Bertz CT molecular complexity index is 433. The van der Waals surface area contributed by atoms with Gasteiger partial charge in [0.1, 0.15) is 0 Å². The Balaban J connectivity index is 1.82. The van der Waals surface area contributed by atoms with Crippen LogP contribution in [0.4, 0.5) is 0 Å². The Morgan fingerprint density at radius 3 is 2.30 bits per heavy atom. The zero-order chi connectivity index (χ0) is 14.1. The number of hydrogen-bond donors (Lipinski definition) is 1. The molecule has 3 rings (SSSR count). The first-order valence-corrected chi connectivity index (χ1v) is 8.21. The third kappa shape index (κ3) is 2.77. The molecule has 1 aromatic carbocycles. The summed E-state index contributed by atoms with van der Waals surface area (Å²) in [5, 5.41) is 3.38. The van der Waals surface area contributed by atoms with Crippen LogP contribution in [0, 0.1) is 5.92 Å². The van der Waals surface area contributed by atoms with Crippen LogP contribution in [-0.2, 0) is 0 Å². The first-order valence-electron chi connectivity index (χ1n) is 8.21. The van der Waals surface area contributed by atoms with Crippen molar-refractivity contribution in [1.82, 2.24) is 10.2 Å². The second-order valence-corrected chi connectivity index (χ2v) is 6.82. The lowest BCUT2D eigenvalue weighted by Gasteiger charge is -2.32. The van der Waals surface area contributed by atoms with Crippen LogP contribution in [0.25, 0.3) is 0 Å². The Kier molecular flexibility index (Phi) is 4.13. The Hall–Kier alpha value is -0.860. The van der Waals surface area contributed by atoms with Crippen molar-refractivity contribution < 1.29 is 0 Å². The van der Waals surface area contributed by atoms with Crippen molar-refractivity contribution in [2.24, 2.45) is 5.92 Å². The Morgan fingerprint density at radius 1 is 1.10 bits per heavy atom. The number of likely N-dealkylation sites (tertiary alicyclic amines) is 1. The molecule has 1 aliphatic heterocycles. The lowest BCUT2D eigenvalue weighted by molar-refractivity contribution is 0.182. The van der Waals surface area contributed by atoms with Gasteiger partial charge in [0.15, 0.2) is 0 Å². The SMILES string of the molecule is CNCC1CCN(C(C)C)C1c1ccc(C2CC2)cc1. The molecule has 1 saturated heterocycles. The van der Waals surface area contributed by atoms with Gasteiger partial charge in [0, 0.05) is 12.1 Å². The minimum absolute atomic E-state index is 0.593. The summed E-state index contributed by atoms with van der Waals surface area (Å²) in [5.41, 5.74) is 3.06. The second-order valence-electron chi connectivity index (χ2n) is 6.82. The maximum Gasteiger partial charge on any atom is 0.0391 e. The van der Waals surface area contributed by atoms with Gasteiger partial charge in [-0.3, -0.25) is 4.90 Å². The first-order chi connectivity index (χ1) is 9.70. The molecule has 0 aromatic heterocycles. The first kappa shape index (κ1) is 14.1. The van der Waals surface area contributed by atoms with Gasteiger partial charge in [-0.25, -0.2) is 0 Å². The van der Waals surface area contributed by atoms with Crippen molar-refractivity contribution in [3.63, 3.8) is 0 Å². The summed E-state index contributed by atoms with van der Waals surface area (Å²) >= 11 is 0. The molecule has 2 nitrogen and oxygen atoms in total. The van der Waals surface area contributed by atoms with Gasteiger partial charge in [-0.2, -0.15) is 0 Å². The quantitative estimate of drug-likeness (QED) is 0.882. The Morgan fingerprint density at radius 2 is 1.75 bits per heavy atom. The maximum absolute atomic E-state index is 3.38. The van der Waals surface area contributed by atoms with Gasteiger partial charge >= 0.3 is 0 Å². The van der Waals surface area contributed by atoms with E-state index in [1.54, 1.807) is 5.56 Å². The fourth-order valence-corrected chi connectivity index (χ4v) is 3.78. The van der Waals surface area contributed by atoms with Crippen LogP contribution in [0.3, 0.4) is 0 Å². The normalized spacial score (nSPS) is 27.4. The van der Waals surface area contributed by atoms with E-state index in [4.69, 9.17) is 0 Å². The molecule has 0 amide bonds. The van der Waals surface area contributed by atoms with Crippen molar-refractivity contribution in [2.75, 3.05) is 20.1 Å². The molecule has 1 N–H and O–H groups in total. The molecule has 2 aliphatic rings. The number of rotatable bonds is 5. The van der Waals surface area contributed by atoms with E-state index in [9.17, 15) is 0 Å². The monoisotopic (exact) mass is 272 g/mol. The van der Waals surface area contributed by atoms with E-state index in [-0.39, 0.29) is 0 Å². The summed E-state index contributed by atoms with van der Waals surface area (Å²) in [6.07, 6.45) is 4.10. The predicted molar refractivity (Wildman–Crippen MR) is 85.0 cm³/mol. The van der Waals surface area contributed by atoms with Crippen molar-refractivity contribution >= 4 is 0 Å². The summed E-state index contributed by atoms with van der Waals surface area (Å²) in [6, 6.07) is 10.8. The molecule has 2 fully saturated rings. The van der Waals surface area contributed by atoms with Gasteiger partial charge in [0.2, 0.25) is 0 Å². The summed E-state index contributed by atoms with van der Waals surface area (Å²) in [5.74, 6) is 1.61. The zero-order valence-corrected chi connectivity index (χ0v) is 13.1. The van der Waals surface area contributed by atoms with Gasteiger partial charge in [0.05, 0.1) is 0 Å². The molecule has 1 aromatic rings. The average Bonchev–Trinajstić information content (AvgIpc) is 3.20. The van der Waals surface area contributed by atoms with Crippen LogP contribution in [-0.4, -0.2) is 31.1 Å². The van der Waals surface area contributed by atoms with Gasteiger partial charge in [-0.1, -0.05) is 24.3 Å². The summed E-state index contributed by atoms with van der Waals surface area (Å²) in [7, 11) is 2.07. The molecule has 1 saturated carbocycles. The summed E-state index contributed by atoms with van der Waals surface area (Å²) < 4.78 is 0. The Labute approximate surface area is 123 Å². The van der Waals surface area contributed by atoms with Gasteiger partial charge in [-0.05, 0) is 76.2 Å². The maximum atomic E-state index is 3.38. The molecule has 0 spiro atoms. The van der Waals surface area contributed by atoms with Gasteiger partial charge in [0.25, 0.3) is 0 Å². The van der Waals surface area contributed by atoms with Gasteiger partial charge < -0.3 is 5.32 Å². The fraction of sp³-hybridized carbons (Fsp3) is 0.667. The molecule has 0 bridgehead atoms. The standard InChI is InChI=1S/C18H28N2/c1-13(2)20-11-10-17(12-19-3)18(20)16-8-6-15(7-9-16)14-4-5-14/h6-9,13-14,17-19H,4-5,10-12H2,1-3H3. The van der Waals surface area contributed by atoms with E-state index in [1.165, 1.54) is 31.4 Å². The summed E-state index contributed by atoms with van der Waals surface area (Å²) in [4.78, 5) is 2.67. The minimum Gasteiger partial charge on any atom is -0.319 e. The fourth-order valence-electron chi connectivity index (χ4n) is 3.78. The van der Waals surface area contributed by atoms with Crippen LogP contribution in [0.1, 0.15) is 56.2 Å². The molecule has 2 heteroatoms. The third-order valence-corrected chi connectivity index (χ3v) is 5.02. The highest BCUT2D eigenvalue weighted by molar-refractivity contribution is 5.30. The smallest absolute Gasteiger partial charge is 0.0391 e. The molecular weight excluding hydrogens is 244 g/mol. The number of benzene rings is 1. The lowest BCUT2D eigenvalue weighted by atomic mass is 9.92. The van der Waals surface area contributed by atoms with Crippen molar-refractivity contribution in [1.29, 1.82) is 0 Å². The van der Waals surface area contributed by atoms with E-state index < -0.39 is 0 Å². The van der Waals surface area contributed by atoms with Crippen LogP contribution < -0.4 is 5.32 Å². The second kappa shape index (κ2) is 5.87. The van der Waals surface area contributed by atoms with Crippen molar-refractivity contribution in [3.8, 4) is 0 Å². The molecule has 110 valence electrons. The van der Waals surface area contributed by atoms with Crippen LogP contribution in [0.2, 0.25) is 0 Å². The van der Waals surface area contributed by atoms with Crippen molar-refractivity contribution in [2.45, 2.75) is 51.1 Å². The van der Waals surface area contributed by atoms with Gasteiger partial charge in [-0.15, -0.1) is 0 Å². The van der Waals surface area contributed by atoms with E-state index in [2.05, 4.69) is 55.4 Å². The molecule has 2 unspecified atom stereocenters. The van der Waals surface area contributed by atoms with E-state index >= 15 is 0 Å². The molecule has 1 aliphatic carbocycles.